The van der Waals surface area contributed by atoms with E-state index in [4.69, 9.17) is 22.3 Å². The highest BCUT2D eigenvalue weighted by molar-refractivity contribution is 5.95. The van der Waals surface area contributed by atoms with Crippen LogP contribution in [0.25, 0.3) is 0 Å². The lowest BCUT2D eigenvalue weighted by Gasteiger charge is -2.27. The number of aliphatic carboxylic acids is 1. The summed E-state index contributed by atoms with van der Waals surface area (Å²) in [6.07, 6.45) is 0.154. The Bertz CT molecular complexity index is 566. The van der Waals surface area contributed by atoms with E-state index in [0.717, 1.165) is 4.90 Å². The van der Waals surface area contributed by atoms with E-state index in [1.54, 1.807) is 0 Å². The lowest BCUT2D eigenvalue weighted by Crippen LogP contribution is -2.55. The van der Waals surface area contributed by atoms with Crippen molar-refractivity contribution in [2.75, 3.05) is 6.54 Å². The number of nitrogens with zero attached hydrogens (tertiary/aromatic N) is 1. The molecule has 0 spiro atoms. The van der Waals surface area contributed by atoms with Crippen molar-refractivity contribution in [2.24, 2.45) is 17.2 Å². The predicted octanol–water partition coefficient (Wildman–Crippen LogP) is -2.98. The van der Waals surface area contributed by atoms with E-state index in [9.17, 15) is 24.0 Å². The molecule has 1 aliphatic rings. The molecule has 3 unspecified atom stereocenters. The molecule has 4 amide bonds. The van der Waals surface area contributed by atoms with E-state index in [1.807, 2.05) is 0 Å². The molecule has 1 saturated heterocycles. The van der Waals surface area contributed by atoms with Gasteiger partial charge in [0.15, 0.2) is 0 Å². The third-order valence-electron chi connectivity index (χ3n) is 3.88. The second kappa shape index (κ2) is 8.97. The summed E-state index contributed by atoms with van der Waals surface area (Å²) in [6.45, 7) is 0.203. The molecule has 8 N–H and O–H groups in total. The highest BCUT2D eigenvalue weighted by atomic mass is 16.4. The molecule has 0 aromatic carbocycles. The molecule has 1 heterocycles. The molecule has 0 saturated carbocycles. The van der Waals surface area contributed by atoms with Crippen molar-refractivity contribution in [3.8, 4) is 0 Å². The Labute approximate surface area is 143 Å². The van der Waals surface area contributed by atoms with Gasteiger partial charge in [-0.25, -0.2) is 4.79 Å². The first kappa shape index (κ1) is 20.4. The zero-order chi connectivity index (χ0) is 19.1. The third kappa shape index (κ3) is 6.03. The SMILES string of the molecule is NC(=O)CCC(N)C(=O)NC(CC(N)=O)C(=O)N1CCCC1C(=O)O. The van der Waals surface area contributed by atoms with E-state index in [2.05, 4.69) is 5.32 Å². The van der Waals surface area contributed by atoms with Gasteiger partial charge in [-0.15, -0.1) is 0 Å². The molecule has 25 heavy (non-hydrogen) atoms. The molecule has 3 atom stereocenters. The average Bonchev–Trinajstić information content (AvgIpc) is 3.00. The fraction of sp³-hybridized carbons (Fsp3) is 0.643. The summed E-state index contributed by atoms with van der Waals surface area (Å²) in [6, 6.07) is -3.43. The maximum atomic E-state index is 12.5. The largest absolute Gasteiger partial charge is 0.480 e. The van der Waals surface area contributed by atoms with Crippen molar-refractivity contribution >= 4 is 29.6 Å². The molecule has 11 heteroatoms. The number of carboxylic acid groups (broad SMARTS) is 1. The van der Waals surface area contributed by atoms with E-state index in [-0.39, 0.29) is 25.8 Å². The van der Waals surface area contributed by atoms with Crippen molar-refractivity contribution in [1.29, 1.82) is 0 Å². The number of primary amides is 2. The third-order valence-corrected chi connectivity index (χ3v) is 3.88. The van der Waals surface area contributed by atoms with E-state index >= 15 is 0 Å². The fourth-order valence-corrected chi connectivity index (χ4v) is 2.60. The Morgan fingerprint density at radius 3 is 2.32 bits per heavy atom. The van der Waals surface area contributed by atoms with Gasteiger partial charge in [-0.2, -0.15) is 0 Å². The Hall–Kier alpha value is -2.69. The van der Waals surface area contributed by atoms with Crippen LogP contribution in [0.3, 0.4) is 0 Å². The van der Waals surface area contributed by atoms with Crippen LogP contribution in [0, 0.1) is 0 Å². The summed E-state index contributed by atoms with van der Waals surface area (Å²) in [5.74, 6) is -4.09. The molecule has 0 aromatic rings. The van der Waals surface area contributed by atoms with Crippen molar-refractivity contribution in [3.63, 3.8) is 0 Å². The predicted molar refractivity (Wildman–Crippen MR) is 84.5 cm³/mol. The molecule has 1 rings (SSSR count). The van der Waals surface area contributed by atoms with Crippen LogP contribution in [-0.4, -0.2) is 64.3 Å². The van der Waals surface area contributed by atoms with Crippen LogP contribution >= 0.6 is 0 Å². The van der Waals surface area contributed by atoms with Gasteiger partial charge >= 0.3 is 5.97 Å². The zero-order valence-corrected chi connectivity index (χ0v) is 13.6. The molecule has 0 aliphatic carbocycles. The summed E-state index contributed by atoms with van der Waals surface area (Å²) in [7, 11) is 0. The lowest BCUT2D eigenvalue weighted by molar-refractivity contribution is -0.149. The number of rotatable bonds is 9. The number of amides is 4. The van der Waals surface area contributed by atoms with Crippen LogP contribution in [0.15, 0.2) is 0 Å². The molecule has 0 aromatic heterocycles. The number of carbonyl (C=O) groups excluding carboxylic acids is 4. The summed E-state index contributed by atoms with van der Waals surface area (Å²) in [5.41, 5.74) is 15.7. The van der Waals surface area contributed by atoms with Gasteiger partial charge in [0.1, 0.15) is 12.1 Å². The number of nitrogens with one attached hydrogen (secondary N) is 1. The summed E-state index contributed by atoms with van der Waals surface area (Å²) >= 11 is 0. The fourth-order valence-electron chi connectivity index (χ4n) is 2.60. The molecule has 140 valence electrons. The topological polar surface area (TPSA) is 199 Å². The maximum Gasteiger partial charge on any atom is 0.326 e. The van der Waals surface area contributed by atoms with Gasteiger partial charge in [0.2, 0.25) is 23.6 Å². The van der Waals surface area contributed by atoms with Crippen LogP contribution in [0.5, 0.6) is 0 Å². The van der Waals surface area contributed by atoms with Gasteiger partial charge in [-0.3, -0.25) is 19.2 Å². The molecule has 11 nitrogen and oxygen atoms in total. The molecule has 0 radical (unpaired) electrons. The summed E-state index contributed by atoms with van der Waals surface area (Å²) < 4.78 is 0. The van der Waals surface area contributed by atoms with Crippen molar-refractivity contribution < 1.29 is 29.1 Å². The van der Waals surface area contributed by atoms with Crippen molar-refractivity contribution in [2.45, 2.75) is 50.2 Å². The molecular formula is C14H23N5O6. The van der Waals surface area contributed by atoms with E-state index in [1.165, 1.54) is 0 Å². The Morgan fingerprint density at radius 1 is 1.16 bits per heavy atom. The number of hydrogen-bond acceptors (Lipinski definition) is 6. The molecule has 0 bridgehead atoms. The van der Waals surface area contributed by atoms with Crippen LogP contribution in [-0.2, 0) is 24.0 Å². The van der Waals surface area contributed by atoms with Crippen LogP contribution < -0.4 is 22.5 Å². The zero-order valence-electron chi connectivity index (χ0n) is 13.6. The minimum atomic E-state index is -1.32. The molecular weight excluding hydrogens is 334 g/mol. The summed E-state index contributed by atoms with van der Waals surface area (Å²) in [4.78, 5) is 58.8. The minimum Gasteiger partial charge on any atom is -0.480 e. The highest BCUT2D eigenvalue weighted by Crippen LogP contribution is 2.19. The second-order valence-electron chi connectivity index (χ2n) is 5.87. The smallest absolute Gasteiger partial charge is 0.326 e. The normalized spacial score (nSPS) is 19.1. The van der Waals surface area contributed by atoms with Gasteiger partial charge in [-0.1, -0.05) is 0 Å². The number of likely N-dealkylation sites (tertiary alicyclic amines) is 1. The van der Waals surface area contributed by atoms with E-state index in [0.29, 0.717) is 6.42 Å². The first-order valence-electron chi connectivity index (χ1n) is 7.79. The van der Waals surface area contributed by atoms with Gasteiger partial charge in [0.25, 0.3) is 0 Å². The van der Waals surface area contributed by atoms with Crippen LogP contribution in [0.2, 0.25) is 0 Å². The quantitative estimate of drug-likeness (QED) is 0.289. The lowest BCUT2D eigenvalue weighted by atomic mass is 10.1. The maximum absolute atomic E-state index is 12.5. The van der Waals surface area contributed by atoms with Crippen LogP contribution in [0.1, 0.15) is 32.1 Å². The second-order valence-corrected chi connectivity index (χ2v) is 5.87. The number of carboxylic acids is 1. The molecule has 1 fully saturated rings. The standard InChI is InChI=1S/C14H23N5O6/c15-7(3-4-10(16)20)12(22)18-8(6-11(17)21)13(23)19-5-1-2-9(19)14(24)25/h7-9H,1-6,15H2,(H2,16,20)(H2,17,21)(H,18,22)(H,24,25). The van der Waals surface area contributed by atoms with Crippen molar-refractivity contribution in [1.82, 2.24) is 10.2 Å². The Morgan fingerprint density at radius 2 is 1.80 bits per heavy atom. The van der Waals surface area contributed by atoms with Crippen LogP contribution in [0.4, 0.5) is 0 Å². The molecule has 1 aliphatic heterocycles. The van der Waals surface area contributed by atoms with Gasteiger partial charge in [0.05, 0.1) is 12.5 Å². The number of carbonyl (C=O) groups is 5. The number of hydrogen-bond donors (Lipinski definition) is 5. The Kier molecular flexibility index (Phi) is 7.30. The number of nitrogens with two attached hydrogens (primary N) is 3. The minimum absolute atomic E-state index is 0.0277. The van der Waals surface area contributed by atoms with Gasteiger partial charge in [-0.05, 0) is 19.3 Å². The monoisotopic (exact) mass is 357 g/mol. The van der Waals surface area contributed by atoms with Gasteiger partial charge < -0.3 is 32.5 Å². The highest BCUT2D eigenvalue weighted by Gasteiger charge is 2.38. The van der Waals surface area contributed by atoms with E-state index < -0.39 is 54.1 Å². The van der Waals surface area contributed by atoms with Gasteiger partial charge in [0, 0.05) is 13.0 Å². The first-order chi connectivity index (χ1) is 11.6. The van der Waals surface area contributed by atoms with Crippen molar-refractivity contribution in [3.05, 3.63) is 0 Å². The Balaban J connectivity index is 2.80. The average molecular weight is 357 g/mol. The first-order valence-corrected chi connectivity index (χ1v) is 7.79. The summed E-state index contributed by atoms with van der Waals surface area (Å²) in [5, 5.41) is 11.5.